The molecule has 4 heteroatoms. The molecular weight excluding hydrogens is 296 g/mol. The molecule has 100 valence electrons. The van der Waals surface area contributed by atoms with Crippen LogP contribution in [0.4, 0.5) is 0 Å². The fourth-order valence-electron chi connectivity index (χ4n) is 2.67. The fraction of sp³-hybridized carbons (Fsp3) is 0.571. The fourth-order valence-corrected chi connectivity index (χ4v) is 3.34. The summed E-state index contributed by atoms with van der Waals surface area (Å²) < 4.78 is 11.5. The first-order valence-corrected chi connectivity index (χ1v) is 7.05. The highest BCUT2D eigenvalue weighted by Crippen LogP contribution is 2.46. The van der Waals surface area contributed by atoms with Crippen LogP contribution in [-0.4, -0.2) is 19.3 Å². The van der Waals surface area contributed by atoms with Crippen LogP contribution >= 0.6 is 15.9 Å². The van der Waals surface area contributed by atoms with Crippen molar-refractivity contribution in [3.63, 3.8) is 0 Å². The predicted molar refractivity (Wildman–Crippen MR) is 74.2 cm³/mol. The van der Waals surface area contributed by atoms with E-state index in [1.807, 2.05) is 12.1 Å². The molecular formula is C14H19BrO3. The quantitative estimate of drug-likeness (QED) is 0.926. The Morgan fingerprint density at radius 2 is 1.78 bits per heavy atom. The van der Waals surface area contributed by atoms with Crippen molar-refractivity contribution in [1.82, 2.24) is 0 Å². The molecule has 0 bridgehead atoms. The SMILES string of the molecule is COc1ccc(C2(O)CCCCC2)c(OC)c1Br. The van der Waals surface area contributed by atoms with Crippen LogP contribution in [0.15, 0.2) is 16.6 Å². The minimum atomic E-state index is -0.765. The van der Waals surface area contributed by atoms with Crippen LogP contribution in [-0.2, 0) is 5.60 Å². The summed E-state index contributed by atoms with van der Waals surface area (Å²) in [5, 5.41) is 10.8. The molecule has 1 aromatic carbocycles. The predicted octanol–water partition coefficient (Wildman–Crippen LogP) is 3.62. The Hall–Kier alpha value is -0.740. The van der Waals surface area contributed by atoms with Crippen LogP contribution in [0.25, 0.3) is 0 Å². The monoisotopic (exact) mass is 314 g/mol. The van der Waals surface area contributed by atoms with Gasteiger partial charge in [0, 0.05) is 5.56 Å². The molecule has 0 aliphatic heterocycles. The third-order valence-electron chi connectivity index (χ3n) is 3.67. The van der Waals surface area contributed by atoms with Gasteiger partial charge in [-0.25, -0.2) is 0 Å². The molecule has 18 heavy (non-hydrogen) atoms. The first-order chi connectivity index (χ1) is 8.62. The molecule has 0 spiro atoms. The van der Waals surface area contributed by atoms with Gasteiger partial charge in [-0.05, 0) is 40.9 Å². The Morgan fingerprint density at radius 1 is 1.11 bits per heavy atom. The number of benzene rings is 1. The average Bonchev–Trinajstić information content (AvgIpc) is 2.39. The number of rotatable bonds is 3. The van der Waals surface area contributed by atoms with Crippen molar-refractivity contribution < 1.29 is 14.6 Å². The van der Waals surface area contributed by atoms with Crippen LogP contribution in [0.5, 0.6) is 11.5 Å². The van der Waals surface area contributed by atoms with Crippen LogP contribution in [0, 0.1) is 0 Å². The molecule has 0 unspecified atom stereocenters. The molecule has 1 aromatic rings. The maximum atomic E-state index is 10.8. The maximum absolute atomic E-state index is 10.8. The Bertz CT molecular complexity index is 425. The van der Waals surface area contributed by atoms with Crippen molar-refractivity contribution in [2.24, 2.45) is 0 Å². The second-order valence-electron chi connectivity index (χ2n) is 4.75. The minimum absolute atomic E-state index is 0.679. The van der Waals surface area contributed by atoms with Gasteiger partial charge in [0.15, 0.2) is 0 Å². The first kappa shape index (κ1) is 13.7. The van der Waals surface area contributed by atoms with E-state index in [2.05, 4.69) is 15.9 Å². The molecule has 0 saturated heterocycles. The third-order valence-corrected chi connectivity index (χ3v) is 4.42. The Balaban J connectivity index is 2.46. The number of ether oxygens (including phenoxy) is 2. The highest BCUT2D eigenvalue weighted by molar-refractivity contribution is 9.10. The summed E-state index contributed by atoms with van der Waals surface area (Å²) in [7, 11) is 3.24. The van der Waals surface area contributed by atoms with E-state index in [0.717, 1.165) is 41.5 Å². The van der Waals surface area contributed by atoms with Crippen LogP contribution in [0.3, 0.4) is 0 Å². The summed E-state index contributed by atoms with van der Waals surface area (Å²) in [5.41, 5.74) is 0.0932. The maximum Gasteiger partial charge on any atom is 0.142 e. The summed E-state index contributed by atoms with van der Waals surface area (Å²) in [6, 6.07) is 3.78. The van der Waals surface area contributed by atoms with Gasteiger partial charge in [0.1, 0.15) is 16.0 Å². The van der Waals surface area contributed by atoms with E-state index < -0.39 is 5.60 Å². The zero-order valence-electron chi connectivity index (χ0n) is 10.8. The summed E-state index contributed by atoms with van der Waals surface area (Å²) >= 11 is 3.48. The van der Waals surface area contributed by atoms with Crippen molar-refractivity contribution in [3.05, 3.63) is 22.2 Å². The van der Waals surface area contributed by atoms with Gasteiger partial charge in [0.2, 0.25) is 0 Å². The van der Waals surface area contributed by atoms with Gasteiger partial charge >= 0.3 is 0 Å². The standard InChI is InChI=1S/C14H19BrO3/c1-17-11-7-6-10(13(18-2)12(11)15)14(16)8-4-3-5-9-14/h6-7,16H,3-5,8-9H2,1-2H3. The zero-order chi connectivity index (χ0) is 13.2. The summed E-state index contributed by atoms with van der Waals surface area (Å²) in [6.07, 6.45) is 4.90. The number of halogens is 1. The molecule has 1 saturated carbocycles. The van der Waals surface area contributed by atoms with Crippen molar-refractivity contribution in [2.45, 2.75) is 37.7 Å². The van der Waals surface area contributed by atoms with E-state index >= 15 is 0 Å². The molecule has 0 radical (unpaired) electrons. The second-order valence-corrected chi connectivity index (χ2v) is 5.55. The van der Waals surface area contributed by atoms with Gasteiger partial charge in [-0.3, -0.25) is 0 Å². The topological polar surface area (TPSA) is 38.7 Å². The highest BCUT2D eigenvalue weighted by atomic mass is 79.9. The van der Waals surface area contributed by atoms with Crippen molar-refractivity contribution in [2.75, 3.05) is 14.2 Å². The second kappa shape index (κ2) is 5.49. The molecule has 1 aliphatic rings. The molecule has 0 aromatic heterocycles. The lowest BCUT2D eigenvalue weighted by Crippen LogP contribution is -2.29. The van der Waals surface area contributed by atoms with Gasteiger partial charge in [0.05, 0.1) is 19.8 Å². The molecule has 0 amide bonds. The number of methoxy groups -OCH3 is 2. The van der Waals surface area contributed by atoms with Gasteiger partial charge in [-0.2, -0.15) is 0 Å². The lowest BCUT2D eigenvalue weighted by Gasteiger charge is -2.34. The van der Waals surface area contributed by atoms with Crippen molar-refractivity contribution in [1.29, 1.82) is 0 Å². The molecule has 2 rings (SSSR count). The van der Waals surface area contributed by atoms with Crippen LogP contribution in [0.2, 0.25) is 0 Å². The number of hydrogen-bond acceptors (Lipinski definition) is 3. The van der Waals surface area contributed by atoms with Gasteiger partial charge < -0.3 is 14.6 Å². The van der Waals surface area contributed by atoms with Gasteiger partial charge in [-0.15, -0.1) is 0 Å². The Labute approximate surface area is 116 Å². The summed E-state index contributed by atoms with van der Waals surface area (Å²) in [4.78, 5) is 0. The lowest BCUT2D eigenvalue weighted by atomic mass is 9.79. The Kier molecular flexibility index (Phi) is 4.17. The number of aliphatic hydroxyl groups is 1. The smallest absolute Gasteiger partial charge is 0.142 e. The number of hydrogen-bond donors (Lipinski definition) is 1. The van der Waals surface area contributed by atoms with E-state index in [0.29, 0.717) is 5.75 Å². The van der Waals surface area contributed by atoms with Crippen LogP contribution < -0.4 is 9.47 Å². The normalized spacial score (nSPS) is 18.4. The zero-order valence-corrected chi connectivity index (χ0v) is 12.4. The minimum Gasteiger partial charge on any atom is -0.495 e. The first-order valence-electron chi connectivity index (χ1n) is 6.26. The molecule has 0 heterocycles. The Morgan fingerprint density at radius 3 is 2.33 bits per heavy atom. The molecule has 1 fully saturated rings. The molecule has 1 aliphatic carbocycles. The summed E-state index contributed by atoms with van der Waals surface area (Å²) in [5.74, 6) is 1.40. The van der Waals surface area contributed by atoms with Crippen molar-refractivity contribution >= 4 is 15.9 Å². The van der Waals surface area contributed by atoms with E-state index in [9.17, 15) is 5.11 Å². The lowest BCUT2D eigenvalue weighted by molar-refractivity contribution is -0.00270. The third kappa shape index (κ3) is 2.36. The molecule has 3 nitrogen and oxygen atoms in total. The van der Waals surface area contributed by atoms with Crippen molar-refractivity contribution in [3.8, 4) is 11.5 Å². The average molecular weight is 315 g/mol. The van der Waals surface area contributed by atoms with Crippen LogP contribution in [0.1, 0.15) is 37.7 Å². The van der Waals surface area contributed by atoms with E-state index in [-0.39, 0.29) is 0 Å². The van der Waals surface area contributed by atoms with E-state index in [1.165, 1.54) is 6.42 Å². The molecule has 1 N–H and O–H groups in total. The highest BCUT2D eigenvalue weighted by Gasteiger charge is 2.35. The van der Waals surface area contributed by atoms with E-state index in [4.69, 9.17) is 9.47 Å². The van der Waals surface area contributed by atoms with Gasteiger partial charge in [-0.1, -0.05) is 19.3 Å². The summed E-state index contributed by atoms with van der Waals surface area (Å²) in [6.45, 7) is 0. The van der Waals surface area contributed by atoms with Gasteiger partial charge in [0.25, 0.3) is 0 Å². The largest absolute Gasteiger partial charge is 0.495 e. The molecule has 0 atom stereocenters. The van der Waals surface area contributed by atoms with E-state index in [1.54, 1.807) is 14.2 Å².